The molecule has 0 saturated carbocycles. The second kappa shape index (κ2) is 10.2. The molecule has 0 aromatic rings. The van der Waals surface area contributed by atoms with Gasteiger partial charge in [-0.05, 0) is 0 Å². The second-order valence-corrected chi connectivity index (χ2v) is 7.40. The zero-order chi connectivity index (χ0) is 23.4. The molecule has 4 rings (SSSR count). The van der Waals surface area contributed by atoms with Crippen LogP contribution in [-0.2, 0) is 9.47 Å². The molecule has 16 nitrogen and oxygen atoms in total. The van der Waals surface area contributed by atoms with Gasteiger partial charge in [0.2, 0.25) is 0 Å². The molecule has 16 heteroatoms. The fourth-order valence-corrected chi connectivity index (χ4v) is 3.46. The van der Waals surface area contributed by atoms with Crippen LogP contribution in [0.15, 0.2) is 9.98 Å². The number of carbonyl (C=O) groups is 2. The molecule has 0 spiro atoms. The topological polar surface area (TPSA) is 241 Å². The number of aliphatic imine (C=N–C) groups is 2. The van der Waals surface area contributed by atoms with Crippen LogP contribution in [-0.4, -0.2) is 118 Å². The van der Waals surface area contributed by atoms with Crippen molar-refractivity contribution in [3.63, 3.8) is 0 Å². The van der Waals surface area contributed by atoms with Gasteiger partial charge in [0.15, 0.2) is 11.9 Å². The summed E-state index contributed by atoms with van der Waals surface area (Å²) in [5.41, 5.74) is 10.7. The molecule has 4 amide bonds. The van der Waals surface area contributed by atoms with Crippen molar-refractivity contribution in [1.82, 2.24) is 20.4 Å². The molecule has 0 unspecified atom stereocenters. The van der Waals surface area contributed by atoms with Crippen LogP contribution < -0.4 is 22.1 Å². The molecule has 2 saturated heterocycles. The van der Waals surface area contributed by atoms with Gasteiger partial charge in [0.25, 0.3) is 0 Å². The molecule has 0 bridgehead atoms. The lowest BCUT2D eigenvalue weighted by atomic mass is 10.2. The summed E-state index contributed by atoms with van der Waals surface area (Å²) in [5, 5.41) is 41.6. The largest absolute Gasteiger partial charge is 0.394 e. The number of guanidine groups is 2. The predicted octanol–water partition coefficient (Wildman–Crippen LogP) is -4.50. The van der Waals surface area contributed by atoms with Gasteiger partial charge in [0.05, 0.1) is 25.4 Å². The molecular formula is C16H28N8O8. The Labute approximate surface area is 182 Å². The first-order valence-electron chi connectivity index (χ1n) is 9.87. The lowest BCUT2D eigenvalue weighted by Crippen LogP contribution is -2.54. The maximum atomic E-state index is 11.5. The minimum atomic E-state index is -0.772. The molecule has 2 fully saturated rings. The Bertz CT molecular complexity index is 704. The first-order chi connectivity index (χ1) is 15.2. The standard InChI is InChI=1S/2C8H14N4O4/c2*9-7-10-3-12(8(15)11-7)6-1-4(14)5(2-13)16-6/h2*4-6,13-14H,1-3H2,(H3,9,10,11,15)/t2*4-,5+,6+/m00/s1. The number of aliphatic hydroxyl groups excluding tert-OH is 4. The van der Waals surface area contributed by atoms with Crippen LogP contribution in [0.2, 0.25) is 0 Å². The van der Waals surface area contributed by atoms with E-state index in [1.165, 1.54) is 9.80 Å². The monoisotopic (exact) mass is 460 g/mol. The third-order valence-corrected chi connectivity index (χ3v) is 5.24. The molecule has 4 aliphatic rings. The number of carbonyl (C=O) groups excluding carboxylic acids is 2. The maximum absolute atomic E-state index is 11.5. The molecule has 0 aromatic heterocycles. The highest BCUT2D eigenvalue weighted by molar-refractivity contribution is 5.97. The normalized spacial score (nSPS) is 34.9. The average molecular weight is 460 g/mol. The number of hydrogen-bond donors (Lipinski definition) is 8. The SMILES string of the molecule is NC1=NCN([C@H]2C[C@H](O)[C@@H](CO)O2)C(=O)N1.NC1=NCN([C@H]2C[C@H](O)[C@@H](CO)O2)C(=O)N1. The van der Waals surface area contributed by atoms with Crippen LogP contribution in [0.1, 0.15) is 12.8 Å². The van der Waals surface area contributed by atoms with Crippen LogP contribution in [0.4, 0.5) is 9.59 Å². The minimum absolute atomic E-state index is 0.0681. The van der Waals surface area contributed by atoms with E-state index < -0.39 is 48.9 Å². The lowest BCUT2D eigenvalue weighted by molar-refractivity contribution is -0.0638. The predicted molar refractivity (Wildman–Crippen MR) is 106 cm³/mol. The van der Waals surface area contributed by atoms with Gasteiger partial charge in [0, 0.05) is 12.8 Å². The van der Waals surface area contributed by atoms with E-state index in [0.29, 0.717) is 0 Å². The van der Waals surface area contributed by atoms with Gasteiger partial charge in [0.1, 0.15) is 38.0 Å². The van der Waals surface area contributed by atoms with Gasteiger partial charge in [-0.25, -0.2) is 19.6 Å². The van der Waals surface area contributed by atoms with Gasteiger partial charge < -0.3 is 41.4 Å². The fraction of sp³-hybridized carbons (Fsp3) is 0.750. The van der Waals surface area contributed by atoms with Crippen molar-refractivity contribution in [1.29, 1.82) is 0 Å². The Morgan fingerprint density at radius 2 is 1.22 bits per heavy atom. The van der Waals surface area contributed by atoms with Crippen LogP contribution in [0, 0.1) is 0 Å². The van der Waals surface area contributed by atoms with E-state index in [1.807, 2.05) is 0 Å². The maximum Gasteiger partial charge on any atom is 0.327 e. The van der Waals surface area contributed by atoms with Gasteiger partial charge in [-0.15, -0.1) is 0 Å². The Morgan fingerprint density at radius 1 is 0.844 bits per heavy atom. The van der Waals surface area contributed by atoms with Crippen molar-refractivity contribution in [2.45, 2.75) is 49.7 Å². The van der Waals surface area contributed by atoms with E-state index in [-0.39, 0.29) is 51.3 Å². The van der Waals surface area contributed by atoms with E-state index in [9.17, 15) is 19.8 Å². The van der Waals surface area contributed by atoms with E-state index >= 15 is 0 Å². The third-order valence-electron chi connectivity index (χ3n) is 5.24. The fourth-order valence-electron chi connectivity index (χ4n) is 3.46. The molecule has 0 aliphatic carbocycles. The summed E-state index contributed by atoms with van der Waals surface area (Å²) < 4.78 is 10.6. The summed E-state index contributed by atoms with van der Waals surface area (Å²) in [4.78, 5) is 33.4. The van der Waals surface area contributed by atoms with Crippen LogP contribution in [0.3, 0.4) is 0 Å². The van der Waals surface area contributed by atoms with E-state index in [0.717, 1.165) is 0 Å². The average Bonchev–Trinajstić information content (AvgIpc) is 3.30. The number of nitrogens with zero attached hydrogens (tertiary/aromatic N) is 4. The van der Waals surface area contributed by atoms with Gasteiger partial charge in [-0.1, -0.05) is 0 Å². The van der Waals surface area contributed by atoms with Crippen molar-refractivity contribution in [3.8, 4) is 0 Å². The number of rotatable bonds is 4. The number of ether oxygens (including phenoxy) is 2. The smallest absolute Gasteiger partial charge is 0.327 e. The summed E-state index contributed by atoms with van der Waals surface area (Å²) in [7, 11) is 0. The van der Waals surface area contributed by atoms with Gasteiger partial charge in [-0.3, -0.25) is 20.4 Å². The van der Waals surface area contributed by atoms with Crippen molar-refractivity contribution >= 4 is 24.0 Å². The molecule has 32 heavy (non-hydrogen) atoms. The highest BCUT2D eigenvalue weighted by atomic mass is 16.6. The number of urea groups is 2. The molecule has 6 atom stereocenters. The zero-order valence-corrected chi connectivity index (χ0v) is 17.1. The minimum Gasteiger partial charge on any atom is -0.394 e. The van der Waals surface area contributed by atoms with Crippen molar-refractivity contribution in [2.75, 3.05) is 26.6 Å². The number of nitrogens with two attached hydrogens (primary N) is 2. The van der Waals surface area contributed by atoms with Gasteiger partial charge in [-0.2, -0.15) is 0 Å². The molecule has 4 aliphatic heterocycles. The van der Waals surface area contributed by atoms with Crippen molar-refractivity contribution in [2.24, 2.45) is 21.5 Å². The third kappa shape index (κ3) is 5.34. The summed E-state index contributed by atoms with van der Waals surface area (Å²) >= 11 is 0. The second-order valence-electron chi connectivity index (χ2n) is 7.40. The molecule has 180 valence electrons. The first kappa shape index (κ1) is 23.9. The number of amides is 4. The zero-order valence-electron chi connectivity index (χ0n) is 17.1. The van der Waals surface area contributed by atoms with Crippen LogP contribution in [0.25, 0.3) is 0 Å². The van der Waals surface area contributed by atoms with Crippen molar-refractivity contribution in [3.05, 3.63) is 0 Å². The highest BCUT2D eigenvalue weighted by Gasteiger charge is 2.40. The molecule has 10 N–H and O–H groups in total. The number of hydrogen-bond acceptors (Lipinski definition) is 12. The first-order valence-corrected chi connectivity index (χ1v) is 9.87. The summed E-state index contributed by atoms with van der Waals surface area (Å²) in [6.07, 6.45) is -3.49. The van der Waals surface area contributed by atoms with E-state index in [4.69, 9.17) is 31.2 Å². The quantitative estimate of drug-likeness (QED) is 0.200. The van der Waals surface area contributed by atoms with Crippen molar-refractivity contribution < 1.29 is 39.5 Å². The lowest BCUT2D eigenvalue weighted by Gasteiger charge is -2.29. The Kier molecular flexibility index (Phi) is 7.64. The van der Waals surface area contributed by atoms with Crippen LogP contribution >= 0.6 is 0 Å². The molecular weight excluding hydrogens is 432 g/mol. The van der Waals surface area contributed by atoms with E-state index in [1.54, 1.807) is 0 Å². The summed E-state index contributed by atoms with van der Waals surface area (Å²) in [5.74, 6) is 0.136. The molecule has 0 aromatic carbocycles. The number of aliphatic hydroxyl groups is 4. The van der Waals surface area contributed by atoms with E-state index in [2.05, 4.69) is 20.6 Å². The Morgan fingerprint density at radius 3 is 1.50 bits per heavy atom. The number of nitrogens with one attached hydrogen (secondary N) is 2. The Balaban J connectivity index is 0.000000181. The van der Waals surface area contributed by atoms with Gasteiger partial charge >= 0.3 is 12.1 Å². The molecule has 0 radical (unpaired) electrons. The Hall–Kier alpha value is -2.76. The molecule has 4 heterocycles. The van der Waals surface area contributed by atoms with Crippen LogP contribution in [0.5, 0.6) is 0 Å². The highest BCUT2D eigenvalue weighted by Crippen LogP contribution is 2.24. The summed E-state index contributed by atoms with van der Waals surface area (Å²) in [6, 6.07) is -0.827. The summed E-state index contributed by atoms with van der Waals surface area (Å²) in [6.45, 7) is -0.378.